The van der Waals surface area contributed by atoms with E-state index in [1.807, 2.05) is 24.3 Å². The number of amides is 1. The molecule has 1 aromatic carbocycles. The fourth-order valence-electron chi connectivity index (χ4n) is 3.07. The van der Waals surface area contributed by atoms with E-state index in [1.165, 1.54) is 6.20 Å². The normalized spacial score (nSPS) is 10.6. The number of rotatable bonds is 5. The first-order valence-corrected chi connectivity index (χ1v) is 9.00. The number of carboxylic acids is 1. The van der Waals surface area contributed by atoms with Crippen LogP contribution in [0.2, 0.25) is 0 Å². The van der Waals surface area contributed by atoms with Gasteiger partial charge in [-0.15, -0.1) is 0 Å². The molecule has 0 aliphatic heterocycles. The number of hydrogen-bond donors (Lipinski definition) is 3. The molecule has 0 aliphatic carbocycles. The van der Waals surface area contributed by atoms with Crippen LogP contribution in [0.3, 0.4) is 0 Å². The van der Waals surface area contributed by atoms with Gasteiger partial charge in [-0.2, -0.15) is 0 Å². The molecule has 0 radical (unpaired) electrons. The van der Waals surface area contributed by atoms with Crippen LogP contribution in [0.4, 0.5) is 5.69 Å². The number of aliphatic hydroxyl groups is 1. The van der Waals surface area contributed by atoms with Gasteiger partial charge < -0.3 is 15.5 Å². The first-order valence-electron chi connectivity index (χ1n) is 9.00. The molecule has 7 heteroatoms. The molecule has 7 nitrogen and oxygen atoms in total. The van der Waals surface area contributed by atoms with E-state index in [9.17, 15) is 19.8 Å². The Morgan fingerprint density at radius 2 is 1.79 bits per heavy atom. The number of aromatic carboxylic acids is 1. The lowest BCUT2D eigenvalue weighted by atomic mass is 10.1. The number of anilines is 1. The third-order valence-electron chi connectivity index (χ3n) is 4.67. The minimum atomic E-state index is -1.15. The number of carbonyl (C=O) groups excluding carboxylic acids is 1. The van der Waals surface area contributed by atoms with Gasteiger partial charge in [-0.3, -0.25) is 4.79 Å². The Morgan fingerprint density at radius 3 is 2.48 bits per heavy atom. The highest BCUT2D eigenvalue weighted by Crippen LogP contribution is 2.24. The van der Waals surface area contributed by atoms with Crippen molar-refractivity contribution in [3.05, 3.63) is 76.2 Å². The van der Waals surface area contributed by atoms with Crippen molar-refractivity contribution in [1.29, 1.82) is 0 Å². The summed E-state index contributed by atoms with van der Waals surface area (Å²) in [6.07, 6.45) is 1.42. The summed E-state index contributed by atoms with van der Waals surface area (Å²) in [5.41, 5.74) is 4.42. The number of aromatic nitrogens is 2. The smallest absolute Gasteiger partial charge is 0.354 e. The Bertz CT molecular complexity index is 1110. The lowest BCUT2D eigenvalue weighted by Gasteiger charge is -2.14. The van der Waals surface area contributed by atoms with Crippen molar-refractivity contribution in [1.82, 2.24) is 9.97 Å². The van der Waals surface area contributed by atoms with Crippen LogP contribution < -0.4 is 5.32 Å². The van der Waals surface area contributed by atoms with E-state index in [4.69, 9.17) is 0 Å². The van der Waals surface area contributed by atoms with Crippen LogP contribution in [-0.2, 0) is 6.61 Å². The number of nitrogens with zero attached hydrogens (tertiary/aromatic N) is 2. The average molecular weight is 391 g/mol. The fourth-order valence-corrected chi connectivity index (χ4v) is 3.07. The van der Waals surface area contributed by atoms with E-state index in [0.29, 0.717) is 28.1 Å². The van der Waals surface area contributed by atoms with Gasteiger partial charge in [-0.05, 0) is 49.6 Å². The van der Waals surface area contributed by atoms with Crippen LogP contribution >= 0.6 is 0 Å². The summed E-state index contributed by atoms with van der Waals surface area (Å²) in [4.78, 5) is 32.7. The highest BCUT2D eigenvalue weighted by atomic mass is 16.4. The first-order chi connectivity index (χ1) is 13.8. The molecular weight excluding hydrogens is 370 g/mol. The van der Waals surface area contributed by atoms with E-state index in [-0.39, 0.29) is 18.0 Å². The van der Waals surface area contributed by atoms with Gasteiger partial charge in [-0.1, -0.05) is 24.3 Å². The third-order valence-corrected chi connectivity index (χ3v) is 4.67. The van der Waals surface area contributed by atoms with Crippen molar-refractivity contribution >= 4 is 17.6 Å². The highest BCUT2D eigenvalue weighted by Gasteiger charge is 2.19. The minimum absolute atomic E-state index is 0.0838. The molecule has 2 heterocycles. The summed E-state index contributed by atoms with van der Waals surface area (Å²) in [5, 5.41) is 21.4. The van der Waals surface area contributed by atoms with Gasteiger partial charge in [0.05, 0.1) is 18.0 Å². The second-order valence-electron chi connectivity index (χ2n) is 6.77. The number of hydrogen-bond acceptors (Lipinski definition) is 5. The predicted molar refractivity (Wildman–Crippen MR) is 109 cm³/mol. The minimum Gasteiger partial charge on any atom is -0.477 e. The molecule has 3 rings (SSSR count). The highest BCUT2D eigenvalue weighted by molar-refractivity contribution is 6.05. The molecule has 0 fully saturated rings. The maximum atomic E-state index is 12.9. The van der Waals surface area contributed by atoms with Gasteiger partial charge in [0.2, 0.25) is 0 Å². The monoisotopic (exact) mass is 391 g/mol. The summed E-state index contributed by atoms with van der Waals surface area (Å²) in [5.74, 6) is -1.59. The molecule has 148 valence electrons. The zero-order chi connectivity index (χ0) is 21.1. The summed E-state index contributed by atoms with van der Waals surface area (Å²) in [6, 6.07) is 10.9. The second kappa shape index (κ2) is 8.20. The van der Waals surface area contributed by atoms with Crippen LogP contribution in [0.1, 0.15) is 43.2 Å². The first kappa shape index (κ1) is 20.2. The van der Waals surface area contributed by atoms with E-state index in [2.05, 4.69) is 15.3 Å². The Balaban J connectivity index is 1.98. The molecule has 3 N–H and O–H groups in total. The molecule has 3 aromatic rings. The van der Waals surface area contributed by atoms with Gasteiger partial charge in [0.25, 0.3) is 5.91 Å². The van der Waals surface area contributed by atoms with E-state index in [0.717, 1.165) is 11.1 Å². The summed E-state index contributed by atoms with van der Waals surface area (Å²) in [6.45, 7) is 5.05. The number of aliphatic hydroxyl groups excluding tert-OH is 1. The van der Waals surface area contributed by atoms with E-state index in [1.54, 1.807) is 32.9 Å². The Hall–Kier alpha value is -3.58. The average Bonchev–Trinajstić information content (AvgIpc) is 2.71. The van der Waals surface area contributed by atoms with Crippen LogP contribution in [0.25, 0.3) is 11.3 Å². The number of benzene rings is 1. The number of pyridine rings is 2. The van der Waals surface area contributed by atoms with Crippen molar-refractivity contribution in [2.45, 2.75) is 27.4 Å². The maximum Gasteiger partial charge on any atom is 0.354 e. The molecule has 2 aromatic heterocycles. The maximum absolute atomic E-state index is 12.9. The molecule has 0 saturated carbocycles. The largest absolute Gasteiger partial charge is 0.477 e. The van der Waals surface area contributed by atoms with Crippen molar-refractivity contribution in [2.75, 3.05) is 5.32 Å². The molecule has 29 heavy (non-hydrogen) atoms. The quantitative estimate of drug-likeness (QED) is 0.613. The van der Waals surface area contributed by atoms with E-state index < -0.39 is 11.9 Å². The predicted octanol–water partition coefficient (Wildman–Crippen LogP) is 3.51. The Morgan fingerprint density at radius 1 is 1.03 bits per heavy atom. The lowest BCUT2D eigenvalue weighted by Crippen LogP contribution is -2.18. The lowest BCUT2D eigenvalue weighted by molar-refractivity contribution is 0.0689. The summed E-state index contributed by atoms with van der Waals surface area (Å²) >= 11 is 0. The molecule has 0 aliphatic rings. The van der Waals surface area contributed by atoms with E-state index >= 15 is 0 Å². The van der Waals surface area contributed by atoms with Crippen LogP contribution in [0.5, 0.6) is 0 Å². The SMILES string of the molecule is Cc1ccc(-c2cccc(CO)c2)nc1C(=O)Nc1c(C)cnc(C(=O)O)c1C. The number of carbonyl (C=O) groups is 2. The van der Waals surface area contributed by atoms with Crippen molar-refractivity contribution in [2.24, 2.45) is 0 Å². The Labute approximate surface area is 168 Å². The van der Waals surface area contributed by atoms with Crippen LogP contribution in [-0.4, -0.2) is 32.1 Å². The zero-order valence-electron chi connectivity index (χ0n) is 16.4. The molecule has 0 spiro atoms. The Kier molecular flexibility index (Phi) is 5.70. The van der Waals surface area contributed by atoms with Crippen molar-refractivity contribution < 1.29 is 19.8 Å². The van der Waals surface area contributed by atoms with Crippen molar-refractivity contribution in [3.8, 4) is 11.3 Å². The topological polar surface area (TPSA) is 112 Å². The molecule has 0 unspecified atom stereocenters. The number of nitrogens with one attached hydrogen (secondary N) is 1. The fraction of sp³-hybridized carbons (Fsp3) is 0.182. The van der Waals surface area contributed by atoms with Gasteiger partial charge in [0.1, 0.15) is 5.69 Å². The van der Waals surface area contributed by atoms with Crippen molar-refractivity contribution in [3.63, 3.8) is 0 Å². The van der Waals surface area contributed by atoms with Crippen LogP contribution in [0.15, 0.2) is 42.6 Å². The second-order valence-corrected chi connectivity index (χ2v) is 6.77. The van der Waals surface area contributed by atoms with Gasteiger partial charge in [-0.25, -0.2) is 14.8 Å². The molecular formula is C22H21N3O4. The number of carboxylic acid groups (broad SMARTS) is 1. The number of aryl methyl sites for hydroxylation is 2. The summed E-state index contributed by atoms with van der Waals surface area (Å²) < 4.78 is 0. The van der Waals surface area contributed by atoms with Gasteiger partial charge in [0.15, 0.2) is 5.69 Å². The zero-order valence-corrected chi connectivity index (χ0v) is 16.4. The third kappa shape index (κ3) is 4.14. The van der Waals surface area contributed by atoms with Gasteiger partial charge in [0, 0.05) is 17.3 Å². The standard InChI is InChI=1S/C22H21N3O4/c1-12-7-8-17(16-6-4-5-15(9-16)11-26)24-19(12)21(27)25-18-13(2)10-23-20(14(18)3)22(28)29/h4-10,26H,11H2,1-3H3,(H,28,29)(H,23,25,27). The van der Waals surface area contributed by atoms with Crippen LogP contribution in [0, 0.1) is 20.8 Å². The molecule has 0 saturated heterocycles. The van der Waals surface area contributed by atoms with Gasteiger partial charge >= 0.3 is 5.97 Å². The molecule has 0 atom stereocenters. The molecule has 1 amide bonds. The molecule has 0 bridgehead atoms. The summed E-state index contributed by atoms with van der Waals surface area (Å²) in [7, 11) is 0.